The lowest BCUT2D eigenvalue weighted by molar-refractivity contribution is -0.117. The third-order valence-electron chi connectivity index (χ3n) is 3.91. The van der Waals surface area contributed by atoms with Gasteiger partial charge in [0, 0.05) is 11.1 Å². The molecular weight excluding hydrogens is 468 g/mol. The number of hydrogen-bond acceptors (Lipinski definition) is 5. The number of fused-ring (bicyclic) bond motifs is 3. The molecule has 2 aliphatic rings. The highest BCUT2D eigenvalue weighted by Gasteiger charge is 2.43. The van der Waals surface area contributed by atoms with Crippen molar-refractivity contribution in [2.75, 3.05) is 11.6 Å². The summed E-state index contributed by atoms with van der Waals surface area (Å²) in [6.45, 7) is 1.01. The molecule has 9 heteroatoms. The molecule has 0 saturated carbocycles. The molecule has 0 saturated heterocycles. The van der Waals surface area contributed by atoms with E-state index >= 15 is 0 Å². The molecule has 4 rings (SSSR count). The van der Waals surface area contributed by atoms with E-state index in [0.717, 1.165) is 22.0 Å². The van der Waals surface area contributed by atoms with Crippen molar-refractivity contribution in [3.05, 3.63) is 51.9 Å². The standard InChI is InChI=1S/C14H12Br2ClN4OS/c15-21-8-19-13(18-21)12(10-3-1-2-4-11(10)17)20(22)7-9-5-6-23(16)14(9)19/h1-6,12,22H,7-8H2/q+1. The fraction of sp³-hybridized carbons (Fsp3) is 0.214. The van der Waals surface area contributed by atoms with Crippen LogP contribution in [0, 0.1) is 0 Å². The number of halogens is 3. The van der Waals surface area contributed by atoms with Gasteiger partial charge in [-0.3, -0.25) is 4.90 Å². The number of anilines is 1. The molecule has 1 aromatic carbocycles. The average molecular weight is 480 g/mol. The van der Waals surface area contributed by atoms with Crippen LogP contribution in [0.4, 0.5) is 5.00 Å². The van der Waals surface area contributed by atoms with Crippen molar-refractivity contribution >= 4 is 62.3 Å². The van der Waals surface area contributed by atoms with Crippen LogP contribution in [0.25, 0.3) is 0 Å². The van der Waals surface area contributed by atoms with Gasteiger partial charge in [0.1, 0.15) is 12.7 Å². The van der Waals surface area contributed by atoms with Crippen LogP contribution >= 0.6 is 51.5 Å². The lowest BCUT2D eigenvalue weighted by Gasteiger charge is -2.26. The molecule has 0 bridgehead atoms. The van der Waals surface area contributed by atoms with Gasteiger partial charge in [-0.1, -0.05) is 29.8 Å². The number of benzene rings is 1. The Morgan fingerprint density at radius 3 is 2.87 bits per heavy atom. The van der Waals surface area contributed by atoms with Crippen molar-refractivity contribution in [3.8, 4) is 0 Å². The van der Waals surface area contributed by atoms with Gasteiger partial charge in [-0.15, -0.1) is 5.10 Å². The molecule has 120 valence electrons. The van der Waals surface area contributed by atoms with Crippen molar-refractivity contribution in [1.82, 2.24) is 9.10 Å². The molecule has 2 unspecified atom stereocenters. The molecule has 2 aliphatic heterocycles. The second-order valence-corrected chi connectivity index (χ2v) is 9.85. The van der Waals surface area contributed by atoms with Crippen LogP contribution in [0.2, 0.25) is 5.02 Å². The number of nitrogens with zero attached hydrogens (tertiary/aromatic N) is 4. The van der Waals surface area contributed by atoms with Gasteiger partial charge in [0.25, 0.3) is 19.8 Å². The first-order valence-electron chi connectivity index (χ1n) is 6.86. The Hall–Kier alpha value is -0.640. The van der Waals surface area contributed by atoms with E-state index in [1.807, 2.05) is 24.3 Å². The minimum Gasteiger partial charge on any atom is -0.313 e. The van der Waals surface area contributed by atoms with Gasteiger partial charge in [-0.2, -0.15) is 5.06 Å². The van der Waals surface area contributed by atoms with Crippen LogP contribution < -0.4 is 4.90 Å². The third kappa shape index (κ3) is 2.61. The molecule has 0 aliphatic carbocycles. The fourth-order valence-electron chi connectivity index (χ4n) is 2.95. The summed E-state index contributed by atoms with van der Waals surface area (Å²) >= 11 is 13.5. The molecule has 0 spiro atoms. The number of thiophene rings is 1. The van der Waals surface area contributed by atoms with Gasteiger partial charge in [0.05, 0.1) is 37.2 Å². The minimum absolute atomic E-state index is 0.179. The van der Waals surface area contributed by atoms with E-state index in [0.29, 0.717) is 18.2 Å². The maximum atomic E-state index is 10.7. The van der Waals surface area contributed by atoms with E-state index in [-0.39, 0.29) is 8.90 Å². The molecule has 2 aromatic rings. The molecule has 0 amide bonds. The topological polar surface area (TPSA) is 42.3 Å². The van der Waals surface area contributed by atoms with Crippen LogP contribution in [-0.2, 0) is 6.54 Å². The SMILES string of the molecule is ON1Cc2cc[s+](Br)c2N2CN(Br)N=C2C1c1ccccc1Cl. The Kier molecular flexibility index (Phi) is 4.15. The smallest absolute Gasteiger partial charge is 0.270 e. The number of rotatable bonds is 1. The van der Waals surface area contributed by atoms with Gasteiger partial charge in [-0.25, -0.2) is 4.03 Å². The number of hydroxylamine groups is 2. The van der Waals surface area contributed by atoms with Crippen molar-refractivity contribution in [2.45, 2.75) is 12.6 Å². The van der Waals surface area contributed by atoms with Gasteiger partial charge in [0.2, 0.25) is 0 Å². The number of hydrogen-bond donors (Lipinski definition) is 1. The first kappa shape index (κ1) is 15.9. The van der Waals surface area contributed by atoms with E-state index in [1.165, 1.54) is 5.06 Å². The number of hydrazone groups is 1. The van der Waals surface area contributed by atoms with E-state index in [1.54, 1.807) is 4.03 Å². The van der Waals surface area contributed by atoms with Crippen LogP contribution in [0.15, 0.2) is 40.8 Å². The fourth-order valence-corrected chi connectivity index (χ4v) is 6.21. The van der Waals surface area contributed by atoms with Crippen molar-refractivity contribution in [3.63, 3.8) is 0 Å². The van der Waals surface area contributed by atoms with Crippen molar-refractivity contribution in [1.29, 1.82) is 0 Å². The summed E-state index contributed by atoms with van der Waals surface area (Å²) < 4.78 is 1.69. The van der Waals surface area contributed by atoms with Crippen molar-refractivity contribution < 1.29 is 5.21 Å². The molecule has 23 heavy (non-hydrogen) atoms. The summed E-state index contributed by atoms with van der Waals surface area (Å²) in [6.07, 6.45) is 0. The van der Waals surface area contributed by atoms with E-state index in [9.17, 15) is 5.21 Å². The summed E-state index contributed by atoms with van der Waals surface area (Å²) in [5.41, 5.74) is 1.92. The van der Waals surface area contributed by atoms with Crippen molar-refractivity contribution in [2.24, 2.45) is 5.10 Å². The predicted octanol–water partition coefficient (Wildman–Crippen LogP) is 4.90. The van der Waals surface area contributed by atoms with Crippen LogP contribution in [0.5, 0.6) is 0 Å². The average Bonchev–Trinajstić information content (AvgIpc) is 3.01. The Balaban J connectivity index is 1.89. The maximum Gasteiger partial charge on any atom is 0.270 e. The normalized spacial score (nSPS) is 21.8. The molecule has 0 radical (unpaired) electrons. The summed E-state index contributed by atoms with van der Waals surface area (Å²) in [5.74, 6) is 0.753. The molecule has 5 nitrogen and oxygen atoms in total. The second kappa shape index (κ2) is 6.02. The molecular formula is C14H12Br2ClN4OS+. The Bertz CT molecular complexity index is 799. The second-order valence-electron chi connectivity index (χ2n) is 5.30. The zero-order valence-corrected chi connectivity index (χ0v) is 16.5. The first-order valence-corrected chi connectivity index (χ1v) is 11.1. The van der Waals surface area contributed by atoms with E-state index < -0.39 is 6.04 Å². The van der Waals surface area contributed by atoms with E-state index in [4.69, 9.17) is 11.6 Å². The summed E-state index contributed by atoms with van der Waals surface area (Å²) in [7, 11) is -0.179. The Morgan fingerprint density at radius 2 is 2.09 bits per heavy atom. The molecule has 1 aromatic heterocycles. The molecule has 3 heterocycles. The lowest BCUT2D eigenvalue weighted by atomic mass is 10.1. The highest BCUT2D eigenvalue weighted by atomic mass is 79.9. The molecule has 0 fully saturated rings. The van der Waals surface area contributed by atoms with Crippen LogP contribution in [0.3, 0.4) is 0 Å². The number of amidine groups is 1. The quantitative estimate of drug-likeness (QED) is 0.467. The van der Waals surface area contributed by atoms with Gasteiger partial charge in [0.15, 0.2) is 11.2 Å². The summed E-state index contributed by atoms with van der Waals surface area (Å²) in [5, 5.41) is 20.5. The zero-order valence-electron chi connectivity index (χ0n) is 11.7. The zero-order chi connectivity index (χ0) is 16.1. The maximum absolute atomic E-state index is 10.7. The van der Waals surface area contributed by atoms with Gasteiger partial charge >= 0.3 is 0 Å². The molecule has 2 atom stereocenters. The van der Waals surface area contributed by atoms with Gasteiger partial charge < -0.3 is 5.21 Å². The third-order valence-corrected chi connectivity index (χ3v) is 7.44. The van der Waals surface area contributed by atoms with E-state index in [2.05, 4.69) is 52.4 Å². The summed E-state index contributed by atoms with van der Waals surface area (Å²) in [4.78, 5) is 2.13. The van der Waals surface area contributed by atoms with Gasteiger partial charge in [-0.05, 0) is 11.6 Å². The minimum atomic E-state index is -0.422. The van der Waals surface area contributed by atoms with Crippen LogP contribution in [-0.4, -0.2) is 26.8 Å². The largest absolute Gasteiger partial charge is 0.313 e. The molecule has 1 N–H and O–H groups in total. The Morgan fingerprint density at radius 1 is 1.30 bits per heavy atom. The summed E-state index contributed by atoms with van der Waals surface area (Å²) in [6, 6.07) is 9.19. The highest BCUT2D eigenvalue weighted by Crippen LogP contribution is 2.48. The lowest BCUT2D eigenvalue weighted by Crippen LogP contribution is -2.37. The predicted molar refractivity (Wildman–Crippen MR) is 100 cm³/mol. The first-order chi connectivity index (χ1) is 11.1. The Labute approximate surface area is 157 Å². The van der Waals surface area contributed by atoms with Crippen LogP contribution in [0.1, 0.15) is 17.2 Å². The monoisotopic (exact) mass is 477 g/mol. The highest BCUT2D eigenvalue weighted by molar-refractivity contribution is 9.34.